The second kappa shape index (κ2) is 10.5. The van der Waals surface area contributed by atoms with Crippen molar-refractivity contribution >= 4 is 23.4 Å². The van der Waals surface area contributed by atoms with Crippen LogP contribution in [0.15, 0.2) is 101 Å². The zero-order chi connectivity index (χ0) is 24.9. The molecule has 0 fully saturated rings. The topological polar surface area (TPSA) is 82.2 Å². The molecular formula is C28H24N4O3S. The van der Waals surface area contributed by atoms with Crippen molar-refractivity contribution in [2.45, 2.75) is 17.8 Å². The third-order valence-corrected chi connectivity index (χ3v) is 6.66. The number of nitrogens with zero attached hydrogens (tertiary/aromatic N) is 3. The highest BCUT2D eigenvalue weighted by Gasteiger charge is 2.19. The van der Waals surface area contributed by atoms with Gasteiger partial charge in [-0.25, -0.2) is 0 Å². The van der Waals surface area contributed by atoms with Gasteiger partial charge in [0, 0.05) is 17.0 Å². The molecule has 2 aromatic heterocycles. The van der Waals surface area contributed by atoms with E-state index in [-0.39, 0.29) is 5.91 Å². The minimum absolute atomic E-state index is 0.165. The maximum atomic E-state index is 12.6. The zero-order valence-electron chi connectivity index (χ0n) is 19.8. The summed E-state index contributed by atoms with van der Waals surface area (Å²) in [6.07, 6.45) is 1.63. The molecule has 0 atom stereocenters. The average Bonchev–Trinajstić information content (AvgIpc) is 3.59. The Labute approximate surface area is 213 Å². The van der Waals surface area contributed by atoms with Crippen LogP contribution in [0, 0.1) is 6.92 Å². The number of thioether (sulfide) groups is 1. The monoisotopic (exact) mass is 496 g/mol. The molecule has 1 amide bonds. The van der Waals surface area contributed by atoms with E-state index < -0.39 is 0 Å². The van der Waals surface area contributed by atoms with Gasteiger partial charge < -0.3 is 14.5 Å². The summed E-state index contributed by atoms with van der Waals surface area (Å²) in [6.45, 7) is 2.06. The Morgan fingerprint density at radius 3 is 2.44 bits per heavy atom. The molecule has 8 heteroatoms. The number of aryl methyl sites for hydroxylation is 1. The van der Waals surface area contributed by atoms with Crippen molar-refractivity contribution in [1.29, 1.82) is 0 Å². The number of ether oxygens (including phenoxy) is 1. The molecule has 3 aromatic carbocycles. The van der Waals surface area contributed by atoms with Gasteiger partial charge in [-0.3, -0.25) is 9.36 Å². The number of benzene rings is 3. The summed E-state index contributed by atoms with van der Waals surface area (Å²) < 4.78 is 12.8. The van der Waals surface area contributed by atoms with Crippen molar-refractivity contribution in [1.82, 2.24) is 14.8 Å². The molecule has 7 nitrogen and oxygen atoms in total. The molecule has 0 aliphatic rings. The van der Waals surface area contributed by atoms with Gasteiger partial charge in [0.25, 0.3) is 5.91 Å². The van der Waals surface area contributed by atoms with E-state index in [0.29, 0.717) is 28.6 Å². The normalized spacial score (nSPS) is 10.8. The molecule has 0 aliphatic heterocycles. The number of furan rings is 1. The summed E-state index contributed by atoms with van der Waals surface area (Å²) in [6, 6.07) is 26.6. The van der Waals surface area contributed by atoms with Gasteiger partial charge in [-0.2, -0.15) is 0 Å². The van der Waals surface area contributed by atoms with Gasteiger partial charge in [-0.05, 0) is 72.6 Å². The average molecular weight is 497 g/mol. The molecule has 180 valence electrons. The number of hydrogen-bond donors (Lipinski definition) is 1. The van der Waals surface area contributed by atoms with Crippen molar-refractivity contribution in [2.24, 2.45) is 0 Å². The number of rotatable bonds is 8. The summed E-state index contributed by atoms with van der Waals surface area (Å²) in [5.41, 5.74) is 4.48. The van der Waals surface area contributed by atoms with E-state index in [1.807, 2.05) is 83.4 Å². The molecular weight excluding hydrogens is 472 g/mol. The molecule has 0 bridgehead atoms. The fourth-order valence-corrected chi connectivity index (χ4v) is 4.64. The fraction of sp³-hybridized carbons (Fsp3) is 0.107. The van der Waals surface area contributed by atoms with Crippen LogP contribution in [0.3, 0.4) is 0 Å². The molecule has 0 unspecified atom stereocenters. The Morgan fingerprint density at radius 1 is 0.972 bits per heavy atom. The van der Waals surface area contributed by atoms with E-state index in [2.05, 4.69) is 28.5 Å². The number of para-hydroxylation sites is 1. The Hall–Kier alpha value is -4.30. The third-order valence-electron chi connectivity index (χ3n) is 5.66. The third kappa shape index (κ3) is 5.04. The lowest BCUT2D eigenvalue weighted by molar-refractivity contribution is 0.102. The summed E-state index contributed by atoms with van der Waals surface area (Å²) in [7, 11) is 1.61. The van der Waals surface area contributed by atoms with Crippen LogP contribution in [0.2, 0.25) is 0 Å². The number of nitrogens with one attached hydrogen (secondary N) is 1. The van der Waals surface area contributed by atoms with Gasteiger partial charge in [-0.1, -0.05) is 42.1 Å². The van der Waals surface area contributed by atoms with E-state index >= 15 is 0 Å². The van der Waals surface area contributed by atoms with Crippen LogP contribution >= 0.6 is 11.8 Å². The van der Waals surface area contributed by atoms with Crippen molar-refractivity contribution in [2.75, 3.05) is 12.4 Å². The first-order valence-electron chi connectivity index (χ1n) is 11.3. The number of carbonyl (C=O) groups excluding carboxylic acids is 1. The lowest BCUT2D eigenvalue weighted by atomic mass is 10.1. The molecule has 0 saturated heterocycles. The Morgan fingerprint density at radius 2 is 1.75 bits per heavy atom. The predicted molar refractivity (Wildman–Crippen MR) is 141 cm³/mol. The molecule has 0 saturated carbocycles. The van der Waals surface area contributed by atoms with Crippen LogP contribution in [-0.2, 0) is 5.75 Å². The standard InChI is InChI=1S/C28H24N4O3S/c1-19-6-3-4-7-24(19)32-26(25-8-5-17-35-25)30-31-28(32)36-18-20-9-11-21(12-10-20)27(33)29-22-13-15-23(34-2)16-14-22/h3-17H,18H2,1-2H3,(H,29,33). The van der Waals surface area contributed by atoms with E-state index in [1.165, 1.54) is 0 Å². The number of carbonyl (C=O) groups is 1. The first-order chi connectivity index (χ1) is 17.6. The van der Waals surface area contributed by atoms with Gasteiger partial charge in [0.05, 0.1) is 19.1 Å². The van der Waals surface area contributed by atoms with Crippen molar-refractivity contribution in [3.63, 3.8) is 0 Å². The van der Waals surface area contributed by atoms with Crippen LogP contribution in [-0.4, -0.2) is 27.8 Å². The zero-order valence-corrected chi connectivity index (χ0v) is 20.7. The first kappa shape index (κ1) is 23.4. The Bertz CT molecular complexity index is 1460. The number of amides is 1. The van der Waals surface area contributed by atoms with Crippen LogP contribution in [0.4, 0.5) is 5.69 Å². The summed E-state index contributed by atoms with van der Waals surface area (Å²) in [5, 5.41) is 12.5. The Balaban J connectivity index is 1.31. The SMILES string of the molecule is COc1ccc(NC(=O)c2ccc(CSc3nnc(-c4ccco4)n3-c3ccccc3C)cc2)cc1. The second-order valence-corrected chi connectivity index (χ2v) is 9.02. The highest BCUT2D eigenvalue weighted by atomic mass is 32.2. The molecule has 0 aliphatic carbocycles. The molecule has 2 heterocycles. The number of methoxy groups -OCH3 is 1. The lowest BCUT2D eigenvalue weighted by Crippen LogP contribution is -2.11. The van der Waals surface area contributed by atoms with E-state index in [1.54, 1.807) is 25.1 Å². The van der Waals surface area contributed by atoms with E-state index in [0.717, 1.165) is 27.7 Å². The van der Waals surface area contributed by atoms with Gasteiger partial charge in [-0.15, -0.1) is 10.2 Å². The highest BCUT2D eigenvalue weighted by Crippen LogP contribution is 2.31. The van der Waals surface area contributed by atoms with Crippen molar-refractivity contribution in [3.8, 4) is 23.0 Å². The van der Waals surface area contributed by atoms with Gasteiger partial charge >= 0.3 is 0 Å². The molecule has 36 heavy (non-hydrogen) atoms. The molecule has 0 radical (unpaired) electrons. The quantitative estimate of drug-likeness (QED) is 0.251. The van der Waals surface area contributed by atoms with Gasteiger partial charge in [0.1, 0.15) is 5.75 Å². The smallest absolute Gasteiger partial charge is 0.255 e. The maximum Gasteiger partial charge on any atom is 0.255 e. The summed E-state index contributed by atoms with van der Waals surface area (Å²) in [5.74, 6) is 2.56. The van der Waals surface area contributed by atoms with Crippen LogP contribution in [0.25, 0.3) is 17.3 Å². The summed E-state index contributed by atoms with van der Waals surface area (Å²) >= 11 is 1.58. The molecule has 0 spiro atoms. The predicted octanol–water partition coefficient (Wildman–Crippen LogP) is 6.39. The van der Waals surface area contributed by atoms with Gasteiger partial charge in [0.15, 0.2) is 10.9 Å². The minimum atomic E-state index is -0.165. The minimum Gasteiger partial charge on any atom is -0.497 e. The number of hydrogen-bond acceptors (Lipinski definition) is 6. The molecule has 1 N–H and O–H groups in total. The van der Waals surface area contributed by atoms with Crippen molar-refractivity contribution in [3.05, 3.63) is 108 Å². The largest absolute Gasteiger partial charge is 0.497 e. The Kier molecular flexibility index (Phi) is 6.86. The summed E-state index contributed by atoms with van der Waals surface area (Å²) in [4.78, 5) is 12.6. The van der Waals surface area contributed by atoms with Crippen molar-refractivity contribution < 1.29 is 13.9 Å². The molecule has 5 rings (SSSR count). The van der Waals surface area contributed by atoms with Gasteiger partial charge in [0.2, 0.25) is 5.82 Å². The molecule has 5 aromatic rings. The van der Waals surface area contributed by atoms with E-state index in [9.17, 15) is 4.79 Å². The highest BCUT2D eigenvalue weighted by molar-refractivity contribution is 7.98. The lowest BCUT2D eigenvalue weighted by Gasteiger charge is -2.12. The number of aromatic nitrogens is 3. The number of anilines is 1. The first-order valence-corrected chi connectivity index (χ1v) is 12.3. The fourth-order valence-electron chi connectivity index (χ4n) is 3.74. The van der Waals surface area contributed by atoms with E-state index in [4.69, 9.17) is 9.15 Å². The van der Waals surface area contributed by atoms with Crippen LogP contribution in [0.1, 0.15) is 21.5 Å². The van der Waals surface area contributed by atoms with Crippen LogP contribution < -0.4 is 10.1 Å². The maximum absolute atomic E-state index is 12.6. The second-order valence-electron chi connectivity index (χ2n) is 8.07. The van der Waals surface area contributed by atoms with Crippen LogP contribution in [0.5, 0.6) is 5.75 Å².